The number of morpholine rings is 1. The topological polar surface area (TPSA) is 98.1 Å². The molecule has 2 aliphatic heterocycles. The lowest BCUT2D eigenvalue weighted by Crippen LogP contribution is -2.37. The number of alkyl halides is 2. The van der Waals surface area contributed by atoms with Gasteiger partial charge in [0.15, 0.2) is 5.69 Å². The van der Waals surface area contributed by atoms with E-state index in [1.807, 2.05) is 6.07 Å². The van der Waals surface area contributed by atoms with Crippen LogP contribution < -0.4 is 10.2 Å². The Morgan fingerprint density at radius 3 is 2.65 bits per heavy atom. The largest absolute Gasteiger partial charge is 0.374 e. The Bertz CT molecular complexity index is 1310. The summed E-state index contributed by atoms with van der Waals surface area (Å²) in [6.45, 7) is 5.85. The van der Waals surface area contributed by atoms with E-state index in [2.05, 4.69) is 39.4 Å². The maximum Gasteiger partial charge on any atom is 0.284 e. The summed E-state index contributed by atoms with van der Waals surface area (Å²) in [7, 11) is 0. The molecule has 0 spiro atoms. The molecule has 5 heterocycles. The molecule has 2 saturated heterocycles. The van der Waals surface area contributed by atoms with Crippen molar-refractivity contribution in [3.63, 3.8) is 0 Å². The molecular formula is C26H31F2N7O2. The third-order valence-electron chi connectivity index (χ3n) is 8.18. The molecule has 3 aromatic rings. The Hall–Kier alpha value is -3.21. The van der Waals surface area contributed by atoms with Crippen molar-refractivity contribution < 1.29 is 18.3 Å². The number of pyridine rings is 1. The van der Waals surface area contributed by atoms with Gasteiger partial charge in [0.2, 0.25) is 0 Å². The molecule has 196 valence electrons. The van der Waals surface area contributed by atoms with Crippen LogP contribution in [0.4, 0.5) is 20.3 Å². The first kappa shape index (κ1) is 24.1. The monoisotopic (exact) mass is 511 g/mol. The zero-order valence-corrected chi connectivity index (χ0v) is 21.0. The van der Waals surface area contributed by atoms with E-state index in [-0.39, 0.29) is 29.4 Å². The zero-order chi connectivity index (χ0) is 25.7. The van der Waals surface area contributed by atoms with Crippen LogP contribution in [0.25, 0.3) is 11.0 Å². The third kappa shape index (κ3) is 4.54. The van der Waals surface area contributed by atoms with Crippen LogP contribution in [0.5, 0.6) is 0 Å². The first-order valence-electron chi connectivity index (χ1n) is 13.1. The highest BCUT2D eigenvalue weighted by Crippen LogP contribution is 2.37. The molecule has 11 heteroatoms. The number of hydrogen-bond donors (Lipinski definition) is 1. The van der Waals surface area contributed by atoms with Crippen molar-refractivity contribution in [2.24, 2.45) is 11.8 Å². The highest BCUT2D eigenvalue weighted by Gasteiger charge is 2.39. The third-order valence-corrected chi connectivity index (χ3v) is 8.18. The molecule has 37 heavy (non-hydrogen) atoms. The standard InChI is InChI=1S/C26H31F2N7O2/c1-14(2)15-3-5-16(6-4-15)35-12-21(24(33-35)25(27)28)30-26(36)19-10-29-32-20-7-8-22(31-23(19)20)34-11-18-9-17(34)13-37-18/h7-8,10,12,14-18,25H,3-6,9,11,13H2,1-2H3,(H,30,36)/t15?,16?,17-,18-/m0/s1. The van der Waals surface area contributed by atoms with E-state index in [0.29, 0.717) is 29.5 Å². The van der Waals surface area contributed by atoms with Crippen molar-refractivity contribution in [2.75, 3.05) is 23.4 Å². The Morgan fingerprint density at radius 1 is 1.16 bits per heavy atom. The number of nitrogens with one attached hydrogen (secondary N) is 1. The van der Waals surface area contributed by atoms with Gasteiger partial charge in [0.25, 0.3) is 12.3 Å². The van der Waals surface area contributed by atoms with Crippen LogP contribution >= 0.6 is 0 Å². The molecule has 0 aromatic carbocycles. The zero-order valence-electron chi connectivity index (χ0n) is 21.0. The van der Waals surface area contributed by atoms with Gasteiger partial charge in [-0.3, -0.25) is 9.48 Å². The summed E-state index contributed by atoms with van der Waals surface area (Å²) >= 11 is 0. The lowest BCUT2D eigenvalue weighted by molar-refractivity contribution is 0.0988. The van der Waals surface area contributed by atoms with Crippen molar-refractivity contribution in [1.29, 1.82) is 0 Å². The van der Waals surface area contributed by atoms with Crippen molar-refractivity contribution >= 4 is 28.4 Å². The first-order valence-corrected chi connectivity index (χ1v) is 13.1. The van der Waals surface area contributed by atoms with Gasteiger partial charge < -0.3 is 15.0 Å². The summed E-state index contributed by atoms with van der Waals surface area (Å²) in [5.74, 6) is 1.43. The number of fused-ring (bicyclic) bond motifs is 3. The van der Waals surface area contributed by atoms with Crippen molar-refractivity contribution in [1.82, 2.24) is 25.0 Å². The number of amides is 1. The van der Waals surface area contributed by atoms with E-state index in [0.717, 1.165) is 44.5 Å². The summed E-state index contributed by atoms with van der Waals surface area (Å²) in [6.07, 6.45) is 5.07. The minimum absolute atomic E-state index is 0.0149. The summed E-state index contributed by atoms with van der Waals surface area (Å²) in [5.41, 5.74) is 0.613. The molecule has 3 aromatic heterocycles. The molecule has 6 rings (SSSR count). The predicted molar refractivity (Wildman–Crippen MR) is 134 cm³/mol. The Balaban J connectivity index is 1.25. The quantitative estimate of drug-likeness (QED) is 0.509. The average molecular weight is 512 g/mol. The second kappa shape index (κ2) is 9.59. The van der Waals surface area contributed by atoms with Crippen LogP contribution in [-0.2, 0) is 4.74 Å². The first-order chi connectivity index (χ1) is 17.9. The fourth-order valence-corrected chi connectivity index (χ4v) is 6.01. The minimum Gasteiger partial charge on any atom is -0.374 e. The second-order valence-corrected chi connectivity index (χ2v) is 10.8. The van der Waals surface area contributed by atoms with E-state index in [9.17, 15) is 13.6 Å². The van der Waals surface area contributed by atoms with Crippen molar-refractivity contribution in [3.8, 4) is 0 Å². The highest BCUT2D eigenvalue weighted by molar-refractivity contribution is 6.11. The Morgan fingerprint density at radius 2 is 1.97 bits per heavy atom. The van der Waals surface area contributed by atoms with E-state index in [1.54, 1.807) is 10.7 Å². The van der Waals surface area contributed by atoms with Gasteiger partial charge in [-0.05, 0) is 56.1 Å². The average Bonchev–Trinajstić information content (AvgIpc) is 3.64. The van der Waals surface area contributed by atoms with E-state index < -0.39 is 18.0 Å². The summed E-state index contributed by atoms with van der Waals surface area (Å²) in [4.78, 5) is 20.2. The smallest absolute Gasteiger partial charge is 0.284 e. The molecule has 1 saturated carbocycles. The summed E-state index contributed by atoms with van der Waals surface area (Å²) < 4.78 is 35.1. The van der Waals surface area contributed by atoms with Gasteiger partial charge in [-0.15, -0.1) is 5.10 Å². The fraction of sp³-hybridized carbons (Fsp3) is 0.577. The number of carbonyl (C=O) groups excluding carboxylic acids is 1. The lowest BCUT2D eigenvalue weighted by atomic mass is 9.80. The van der Waals surface area contributed by atoms with Crippen molar-refractivity contribution in [2.45, 2.75) is 70.6 Å². The Kier molecular flexibility index (Phi) is 6.26. The van der Waals surface area contributed by atoms with E-state index in [1.165, 1.54) is 12.4 Å². The van der Waals surface area contributed by atoms with Gasteiger partial charge in [0.05, 0.1) is 42.2 Å². The van der Waals surface area contributed by atoms with Crippen LogP contribution in [0, 0.1) is 11.8 Å². The fourth-order valence-electron chi connectivity index (χ4n) is 6.01. The van der Waals surface area contributed by atoms with Crippen LogP contribution in [0.1, 0.15) is 74.5 Å². The minimum atomic E-state index is -2.81. The van der Waals surface area contributed by atoms with Crippen LogP contribution in [-0.4, -0.2) is 56.2 Å². The molecule has 0 unspecified atom stereocenters. The number of halogens is 2. The van der Waals surface area contributed by atoms with Crippen molar-refractivity contribution in [3.05, 3.63) is 35.8 Å². The number of rotatable bonds is 6. The van der Waals surface area contributed by atoms with Gasteiger partial charge in [-0.1, -0.05) is 13.8 Å². The molecule has 1 N–H and O–H groups in total. The number of carbonyl (C=O) groups is 1. The van der Waals surface area contributed by atoms with Crippen LogP contribution in [0.15, 0.2) is 24.5 Å². The number of ether oxygens (including phenoxy) is 1. The number of nitrogens with zero attached hydrogens (tertiary/aromatic N) is 6. The van der Waals surface area contributed by atoms with Crippen LogP contribution in [0.2, 0.25) is 0 Å². The highest BCUT2D eigenvalue weighted by atomic mass is 19.3. The SMILES string of the molecule is CC(C)C1CCC(n2cc(NC(=O)c3cnnc4ccc(N5C[C@@H]6C[C@H]5CO6)nc34)c(C(F)F)n2)CC1. The molecule has 9 nitrogen and oxygen atoms in total. The van der Waals surface area contributed by atoms with E-state index in [4.69, 9.17) is 9.72 Å². The van der Waals surface area contributed by atoms with Crippen LogP contribution in [0.3, 0.4) is 0 Å². The van der Waals surface area contributed by atoms with Gasteiger partial charge >= 0.3 is 0 Å². The molecule has 3 aliphatic rings. The molecule has 2 atom stereocenters. The summed E-state index contributed by atoms with van der Waals surface area (Å²) in [6, 6.07) is 3.96. The van der Waals surface area contributed by atoms with Gasteiger partial charge in [0.1, 0.15) is 16.9 Å². The number of hydrogen-bond acceptors (Lipinski definition) is 7. The predicted octanol–water partition coefficient (Wildman–Crippen LogP) is 4.78. The van der Waals surface area contributed by atoms with E-state index >= 15 is 0 Å². The van der Waals surface area contributed by atoms with Gasteiger partial charge in [-0.25, -0.2) is 13.8 Å². The summed E-state index contributed by atoms with van der Waals surface area (Å²) in [5, 5.41) is 14.9. The lowest BCUT2D eigenvalue weighted by Gasteiger charge is -2.30. The number of anilines is 2. The molecule has 1 aliphatic carbocycles. The molecule has 1 amide bonds. The maximum atomic E-state index is 13.9. The Labute approximate surface area is 213 Å². The molecule has 0 radical (unpaired) electrons. The maximum absolute atomic E-state index is 13.9. The molecule has 3 fully saturated rings. The normalized spacial score (nSPS) is 25.5. The molecule has 2 bridgehead atoms. The molecular weight excluding hydrogens is 480 g/mol. The second-order valence-electron chi connectivity index (χ2n) is 10.8. The number of aromatic nitrogens is 5. The van der Waals surface area contributed by atoms with Gasteiger partial charge in [-0.2, -0.15) is 10.2 Å². The van der Waals surface area contributed by atoms with Gasteiger partial charge in [0, 0.05) is 12.7 Å².